The van der Waals surface area contributed by atoms with E-state index in [1.807, 2.05) is 30.3 Å². The number of thiophene rings is 1. The fraction of sp³-hybridized carbons (Fsp3) is 0.154. The van der Waals surface area contributed by atoms with Crippen molar-refractivity contribution in [2.45, 2.75) is 6.54 Å². The molecule has 19 heavy (non-hydrogen) atoms. The van der Waals surface area contributed by atoms with Crippen molar-refractivity contribution in [1.29, 1.82) is 0 Å². The summed E-state index contributed by atoms with van der Waals surface area (Å²) in [5, 5.41) is 0.681. The van der Waals surface area contributed by atoms with Gasteiger partial charge in [-0.1, -0.05) is 23.7 Å². The molecule has 0 bridgehead atoms. The highest BCUT2D eigenvalue weighted by Crippen LogP contribution is 2.33. The van der Waals surface area contributed by atoms with Crippen molar-refractivity contribution in [3.8, 4) is 0 Å². The fourth-order valence-corrected chi connectivity index (χ4v) is 3.86. The van der Waals surface area contributed by atoms with E-state index in [1.165, 1.54) is 11.3 Å². The van der Waals surface area contributed by atoms with Crippen LogP contribution in [0.2, 0.25) is 5.02 Å². The highest BCUT2D eigenvalue weighted by Gasteiger charge is 2.16. The van der Waals surface area contributed by atoms with Gasteiger partial charge in [0.2, 0.25) is 0 Å². The van der Waals surface area contributed by atoms with Crippen molar-refractivity contribution in [3.05, 3.63) is 54.1 Å². The van der Waals surface area contributed by atoms with Crippen LogP contribution in [0.25, 0.3) is 0 Å². The van der Waals surface area contributed by atoms with E-state index in [-0.39, 0.29) is 5.91 Å². The van der Waals surface area contributed by atoms with Gasteiger partial charge in [0.25, 0.3) is 5.91 Å². The first-order chi connectivity index (χ1) is 8.97. The summed E-state index contributed by atoms with van der Waals surface area (Å²) >= 11 is 14.1. The molecule has 0 spiro atoms. The number of amides is 1. The van der Waals surface area contributed by atoms with Crippen LogP contribution in [0, 0.1) is 0 Å². The predicted octanol–water partition coefficient (Wildman–Crippen LogP) is 5.20. The summed E-state index contributed by atoms with van der Waals surface area (Å²) in [5.41, 5.74) is 1.01. The lowest BCUT2D eigenvalue weighted by Gasteiger charge is -2.16. The smallest absolute Gasteiger partial charge is 0.264 e. The molecule has 1 aromatic heterocycles. The van der Waals surface area contributed by atoms with E-state index in [4.69, 9.17) is 11.6 Å². The van der Waals surface area contributed by atoms with E-state index in [2.05, 4.69) is 31.9 Å². The van der Waals surface area contributed by atoms with Crippen LogP contribution in [0.4, 0.5) is 0 Å². The summed E-state index contributed by atoms with van der Waals surface area (Å²) in [6, 6.07) is 9.35. The lowest BCUT2D eigenvalue weighted by atomic mass is 10.2. The highest BCUT2D eigenvalue weighted by molar-refractivity contribution is 9.13. The summed E-state index contributed by atoms with van der Waals surface area (Å²) in [6.07, 6.45) is 0. The Morgan fingerprint density at radius 1 is 1.37 bits per heavy atom. The largest absolute Gasteiger partial charge is 0.337 e. The molecule has 1 aromatic carbocycles. The molecule has 0 unspecified atom stereocenters. The van der Waals surface area contributed by atoms with Crippen molar-refractivity contribution in [2.75, 3.05) is 7.05 Å². The molecule has 1 heterocycles. The molecule has 0 aliphatic carbocycles. The average Bonchev–Trinajstić information content (AvgIpc) is 2.68. The van der Waals surface area contributed by atoms with E-state index in [9.17, 15) is 4.79 Å². The molecule has 0 saturated carbocycles. The number of carbonyl (C=O) groups excluding carboxylic acids is 1. The van der Waals surface area contributed by atoms with Crippen LogP contribution < -0.4 is 0 Å². The van der Waals surface area contributed by atoms with Gasteiger partial charge in [0.1, 0.15) is 0 Å². The predicted molar refractivity (Wildman–Crippen MR) is 87.0 cm³/mol. The monoisotopic (exact) mass is 421 g/mol. The van der Waals surface area contributed by atoms with E-state index in [1.54, 1.807) is 11.9 Å². The highest BCUT2D eigenvalue weighted by atomic mass is 79.9. The third kappa shape index (κ3) is 3.81. The molecular weight excluding hydrogens is 413 g/mol. The molecular formula is C13H10Br2ClNOS. The first-order valence-corrected chi connectivity index (χ1v) is 8.20. The maximum atomic E-state index is 12.3. The maximum Gasteiger partial charge on any atom is 0.264 e. The number of hydrogen-bond donors (Lipinski definition) is 0. The number of benzene rings is 1. The summed E-state index contributed by atoms with van der Waals surface area (Å²) in [4.78, 5) is 14.6. The van der Waals surface area contributed by atoms with Crippen molar-refractivity contribution in [3.63, 3.8) is 0 Å². The summed E-state index contributed by atoms with van der Waals surface area (Å²) in [6.45, 7) is 0.534. The lowest BCUT2D eigenvalue weighted by Crippen LogP contribution is -2.25. The zero-order valence-corrected chi connectivity index (χ0v) is 14.7. The SMILES string of the molecule is CN(Cc1cccc(Cl)c1)C(=O)c1cc(Br)c(Br)s1. The Hall–Kier alpha value is -0.360. The molecule has 0 radical (unpaired) electrons. The molecule has 0 atom stereocenters. The maximum absolute atomic E-state index is 12.3. The van der Waals surface area contributed by atoms with Crippen molar-refractivity contribution in [2.24, 2.45) is 0 Å². The van der Waals surface area contributed by atoms with Crippen LogP contribution in [-0.2, 0) is 6.54 Å². The zero-order valence-electron chi connectivity index (χ0n) is 9.99. The summed E-state index contributed by atoms with van der Waals surface area (Å²) in [7, 11) is 1.78. The Balaban J connectivity index is 2.11. The number of nitrogens with zero attached hydrogens (tertiary/aromatic N) is 1. The van der Waals surface area contributed by atoms with E-state index in [0.717, 1.165) is 13.8 Å². The van der Waals surface area contributed by atoms with Crippen LogP contribution in [0.1, 0.15) is 15.2 Å². The normalized spacial score (nSPS) is 10.5. The van der Waals surface area contributed by atoms with Crippen molar-refractivity contribution < 1.29 is 4.79 Å². The lowest BCUT2D eigenvalue weighted by molar-refractivity contribution is 0.0790. The first kappa shape index (κ1) is 15.0. The Labute approximate surface area is 137 Å². The van der Waals surface area contributed by atoms with Gasteiger partial charge in [-0.05, 0) is 55.6 Å². The van der Waals surface area contributed by atoms with Gasteiger partial charge in [0, 0.05) is 23.1 Å². The molecule has 0 fully saturated rings. The Morgan fingerprint density at radius 3 is 2.68 bits per heavy atom. The second-order valence-corrected chi connectivity index (χ2v) is 7.68. The minimum atomic E-state index is -0.00336. The van der Waals surface area contributed by atoms with Gasteiger partial charge < -0.3 is 4.90 Å². The van der Waals surface area contributed by atoms with E-state index in [0.29, 0.717) is 16.4 Å². The molecule has 100 valence electrons. The van der Waals surface area contributed by atoms with Gasteiger partial charge in [0.15, 0.2) is 0 Å². The van der Waals surface area contributed by atoms with Crippen LogP contribution in [0.15, 0.2) is 38.6 Å². The van der Waals surface area contributed by atoms with Crippen LogP contribution in [0.3, 0.4) is 0 Å². The van der Waals surface area contributed by atoms with Crippen LogP contribution >= 0.6 is 54.8 Å². The Kier molecular flexibility index (Phi) is 5.06. The van der Waals surface area contributed by atoms with Gasteiger partial charge in [-0.25, -0.2) is 0 Å². The van der Waals surface area contributed by atoms with Gasteiger partial charge in [0.05, 0.1) is 8.66 Å². The van der Waals surface area contributed by atoms with Gasteiger partial charge >= 0.3 is 0 Å². The minimum Gasteiger partial charge on any atom is -0.337 e. The van der Waals surface area contributed by atoms with Gasteiger partial charge in [-0.2, -0.15) is 0 Å². The van der Waals surface area contributed by atoms with Crippen molar-refractivity contribution >= 4 is 60.7 Å². The van der Waals surface area contributed by atoms with E-state index < -0.39 is 0 Å². The number of hydrogen-bond acceptors (Lipinski definition) is 2. The quantitative estimate of drug-likeness (QED) is 0.665. The van der Waals surface area contributed by atoms with E-state index >= 15 is 0 Å². The van der Waals surface area contributed by atoms with Gasteiger partial charge in [-0.15, -0.1) is 11.3 Å². The Bertz CT molecular complexity index is 595. The third-order valence-electron chi connectivity index (χ3n) is 2.51. The molecule has 2 nitrogen and oxygen atoms in total. The second-order valence-electron chi connectivity index (χ2n) is 4.02. The molecule has 0 N–H and O–H groups in total. The molecule has 6 heteroatoms. The molecule has 1 amide bonds. The summed E-state index contributed by atoms with van der Waals surface area (Å²) in [5.74, 6) is -0.00336. The van der Waals surface area contributed by atoms with Crippen molar-refractivity contribution in [1.82, 2.24) is 4.90 Å². The average molecular weight is 424 g/mol. The van der Waals surface area contributed by atoms with Crippen LogP contribution in [0.5, 0.6) is 0 Å². The zero-order chi connectivity index (χ0) is 14.0. The molecule has 2 rings (SSSR count). The number of halogens is 3. The third-order valence-corrected chi connectivity index (χ3v) is 5.99. The van der Waals surface area contributed by atoms with Gasteiger partial charge in [-0.3, -0.25) is 4.79 Å². The minimum absolute atomic E-state index is 0.00336. The summed E-state index contributed by atoms with van der Waals surface area (Å²) < 4.78 is 1.82. The molecule has 0 aliphatic rings. The Morgan fingerprint density at radius 2 is 2.11 bits per heavy atom. The molecule has 0 saturated heterocycles. The van der Waals surface area contributed by atoms with Crippen LogP contribution in [-0.4, -0.2) is 17.9 Å². The topological polar surface area (TPSA) is 20.3 Å². The molecule has 0 aliphatic heterocycles. The molecule has 2 aromatic rings. The fourth-order valence-electron chi connectivity index (χ4n) is 1.62. The second kappa shape index (κ2) is 6.39. The standard InChI is InChI=1S/C13H10Br2ClNOS/c1-17(7-8-3-2-4-9(16)5-8)13(18)11-6-10(14)12(15)19-11/h2-6H,7H2,1H3. The number of rotatable bonds is 3. The first-order valence-electron chi connectivity index (χ1n) is 5.42. The number of carbonyl (C=O) groups is 1.